The molecule has 1 aromatic heterocycles. The Balaban J connectivity index is 1.34. The van der Waals surface area contributed by atoms with E-state index in [1.54, 1.807) is 24.3 Å². The lowest BCUT2D eigenvalue weighted by molar-refractivity contribution is 0.209. The highest BCUT2D eigenvalue weighted by Crippen LogP contribution is 2.37. The van der Waals surface area contributed by atoms with Crippen LogP contribution >= 0.6 is 0 Å². The summed E-state index contributed by atoms with van der Waals surface area (Å²) < 4.78 is 47.4. The van der Waals surface area contributed by atoms with Crippen molar-refractivity contribution in [2.75, 3.05) is 31.1 Å². The minimum Gasteiger partial charge on any atom is -0.419 e. The second kappa shape index (κ2) is 11.3. The van der Waals surface area contributed by atoms with E-state index in [4.69, 9.17) is 4.42 Å². The van der Waals surface area contributed by atoms with Gasteiger partial charge in [-0.25, -0.2) is 12.8 Å². The molecule has 8 heteroatoms. The number of aryl methyl sites for hydroxylation is 1. The van der Waals surface area contributed by atoms with Crippen LogP contribution in [0.25, 0.3) is 11.5 Å². The molecule has 0 spiro atoms. The Morgan fingerprint density at radius 3 is 1.88 bits per heavy atom. The summed E-state index contributed by atoms with van der Waals surface area (Å²) in [5.74, 6) is -0.0457. The molecular formula is C33H30FN3O3S. The zero-order valence-electron chi connectivity index (χ0n) is 22.7. The summed E-state index contributed by atoms with van der Waals surface area (Å²) in [6, 6.07) is 33.3. The van der Waals surface area contributed by atoms with Crippen molar-refractivity contribution in [2.24, 2.45) is 0 Å². The van der Waals surface area contributed by atoms with Gasteiger partial charge in [0.2, 0.25) is 26.6 Å². The fourth-order valence-corrected chi connectivity index (χ4v) is 6.61. The number of aromatic nitrogens is 1. The number of benzene rings is 4. The number of piperazine rings is 1. The van der Waals surface area contributed by atoms with Gasteiger partial charge in [-0.05, 0) is 54.4 Å². The number of hydrogen-bond donors (Lipinski definition) is 0. The molecule has 0 bridgehead atoms. The third-order valence-corrected chi connectivity index (χ3v) is 9.12. The Morgan fingerprint density at radius 1 is 0.756 bits per heavy atom. The lowest BCUT2D eigenvalue weighted by Gasteiger charge is -2.39. The lowest BCUT2D eigenvalue weighted by atomic mass is 9.96. The van der Waals surface area contributed by atoms with Crippen molar-refractivity contribution in [1.29, 1.82) is 0 Å². The molecular weight excluding hydrogens is 537 g/mol. The maximum atomic E-state index is 13.8. The van der Waals surface area contributed by atoms with Crippen LogP contribution in [-0.2, 0) is 9.84 Å². The highest BCUT2D eigenvalue weighted by atomic mass is 32.2. The number of nitrogens with zero attached hydrogens (tertiary/aromatic N) is 3. The zero-order valence-corrected chi connectivity index (χ0v) is 23.5. The first kappa shape index (κ1) is 26.9. The first-order chi connectivity index (χ1) is 19.9. The van der Waals surface area contributed by atoms with Crippen LogP contribution in [-0.4, -0.2) is 44.5 Å². The predicted octanol–water partition coefficient (Wildman–Crippen LogP) is 6.53. The molecule has 0 aliphatic carbocycles. The van der Waals surface area contributed by atoms with Crippen molar-refractivity contribution in [3.05, 3.63) is 132 Å². The monoisotopic (exact) mass is 567 g/mol. The maximum absolute atomic E-state index is 13.8. The number of halogens is 1. The van der Waals surface area contributed by atoms with E-state index < -0.39 is 15.7 Å². The van der Waals surface area contributed by atoms with Crippen LogP contribution in [0.5, 0.6) is 0 Å². The van der Waals surface area contributed by atoms with Crippen molar-refractivity contribution >= 4 is 15.7 Å². The van der Waals surface area contributed by atoms with Gasteiger partial charge in [0.1, 0.15) is 5.82 Å². The molecule has 0 unspecified atom stereocenters. The van der Waals surface area contributed by atoms with Gasteiger partial charge in [0.15, 0.2) is 0 Å². The number of hydrogen-bond acceptors (Lipinski definition) is 6. The number of oxazole rings is 1. The van der Waals surface area contributed by atoms with Crippen LogP contribution in [0, 0.1) is 12.7 Å². The molecule has 2 heterocycles. The van der Waals surface area contributed by atoms with Crippen LogP contribution in [0.15, 0.2) is 124 Å². The third-order valence-electron chi connectivity index (χ3n) is 7.45. The molecule has 4 aromatic carbocycles. The number of rotatable bonds is 7. The van der Waals surface area contributed by atoms with E-state index in [1.807, 2.05) is 24.0 Å². The summed E-state index contributed by atoms with van der Waals surface area (Å²) in [6.45, 7) is 4.37. The molecule has 0 N–H and O–H groups in total. The average Bonchev–Trinajstić information content (AvgIpc) is 3.46. The van der Waals surface area contributed by atoms with E-state index in [-0.39, 0.29) is 27.7 Å². The Bertz CT molecular complexity index is 1680. The summed E-state index contributed by atoms with van der Waals surface area (Å²) in [6.07, 6.45) is 0. The van der Waals surface area contributed by atoms with Crippen LogP contribution in [0.4, 0.5) is 10.3 Å². The van der Waals surface area contributed by atoms with Gasteiger partial charge in [0.05, 0.1) is 10.9 Å². The summed E-state index contributed by atoms with van der Waals surface area (Å²) in [4.78, 5) is 8.98. The molecule has 0 amide bonds. The summed E-state index contributed by atoms with van der Waals surface area (Å²) in [5, 5.41) is -0.128. The smallest absolute Gasteiger partial charge is 0.236 e. The van der Waals surface area contributed by atoms with Crippen molar-refractivity contribution in [3.8, 4) is 11.5 Å². The maximum Gasteiger partial charge on any atom is 0.236 e. The molecule has 208 valence electrons. The van der Waals surface area contributed by atoms with Gasteiger partial charge >= 0.3 is 0 Å². The van der Waals surface area contributed by atoms with E-state index in [1.165, 1.54) is 35.4 Å². The van der Waals surface area contributed by atoms with Gasteiger partial charge in [-0.15, -0.1) is 0 Å². The van der Waals surface area contributed by atoms with Crippen LogP contribution in [0.2, 0.25) is 0 Å². The van der Waals surface area contributed by atoms with Crippen LogP contribution < -0.4 is 4.90 Å². The standard InChI is InChI=1S/C33H30FN3O3S/c1-24-12-18-29(19-13-24)41(38,39)32-33(40-31(35-32)27-14-16-28(34)17-15-27)37-22-20-36(21-23-37)30(25-8-4-2-5-9-25)26-10-6-3-7-11-26/h2-19,30H,20-23H2,1H3. The molecule has 41 heavy (non-hydrogen) atoms. The predicted molar refractivity (Wildman–Crippen MR) is 157 cm³/mol. The minimum absolute atomic E-state index is 0.0693. The quantitative estimate of drug-likeness (QED) is 0.223. The second-order valence-electron chi connectivity index (χ2n) is 10.2. The van der Waals surface area contributed by atoms with E-state index in [0.717, 1.165) is 5.56 Å². The van der Waals surface area contributed by atoms with Gasteiger partial charge in [0.25, 0.3) is 0 Å². The second-order valence-corrected chi connectivity index (χ2v) is 12.1. The van der Waals surface area contributed by atoms with Crippen molar-refractivity contribution in [3.63, 3.8) is 0 Å². The van der Waals surface area contributed by atoms with E-state index in [2.05, 4.69) is 58.4 Å². The van der Waals surface area contributed by atoms with Gasteiger partial charge in [-0.2, -0.15) is 4.98 Å². The summed E-state index contributed by atoms with van der Waals surface area (Å²) >= 11 is 0. The Morgan fingerprint density at radius 2 is 1.32 bits per heavy atom. The molecule has 0 atom stereocenters. The van der Waals surface area contributed by atoms with Gasteiger partial charge in [-0.3, -0.25) is 4.90 Å². The van der Waals surface area contributed by atoms with Gasteiger partial charge in [-0.1, -0.05) is 78.4 Å². The molecule has 1 fully saturated rings. The molecule has 1 aliphatic rings. The zero-order chi connectivity index (χ0) is 28.4. The van der Waals surface area contributed by atoms with Crippen molar-refractivity contribution in [1.82, 2.24) is 9.88 Å². The molecule has 1 saturated heterocycles. The van der Waals surface area contributed by atoms with Crippen molar-refractivity contribution < 1.29 is 17.2 Å². The fourth-order valence-electron chi connectivity index (χ4n) is 5.29. The normalized spacial score (nSPS) is 14.5. The Hall–Kier alpha value is -4.27. The SMILES string of the molecule is Cc1ccc(S(=O)(=O)c2nc(-c3ccc(F)cc3)oc2N2CCN(C(c3ccccc3)c3ccccc3)CC2)cc1. The van der Waals surface area contributed by atoms with Gasteiger partial charge in [0, 0.05) is 31.7 Å². The highest BCUT2D eigenvalue weighted by molar-refractivity contribution is 7.91. The topological polar surface area (TPSA) is 66.7 Å². The van der Waals surface area contributed by atoms with E-state index in [9.17, 15) is 12.8 Å². The molecule has 0 saturated carbocycles. The molecule has 1 aliphatic heterocycles. The summed E-state index contributed by atoms with van der Waals surface area (Å²) in [7, 11) is -3.98. The van der Waals surface area contributed by atoms with Crippen LogP contribution in [0.1, 0.15) is 22.7 Å². The van der Waals surface area contributed by atoms with Crippen LogP contribution in [0.3, 0.4) is 0 Å². The average molecular weight is 568 g/mol. The summed E-state index contributed by atoms with van der Waals surface area (Å²) in [5.41, 5.74) is 3.87. The lowest BCUT2D eigenvalue weighted by Crippen LogP contribution is -2.48. The molecule has 0 radical (unpaired) electrons. The van der Waals surface area contributed by atoms with Gasteiger partial charge < -0.3 is 9.32 Å². The number of sulfone groups is 1. The Kier molecular flexibility index (Phi) is 7.43. The first-order valence-electron chi connectivity index (χ1n) is 13.6. The Labute approximate surface area is 239 Å². The van der Waals surface area contributed by atoms with E-state index in [0.29, 0.717) is 31.7 Å². The number of anilines is 1. The third kappa shape index (κ3) is 5.53. The minimum atomic E-state index is -3.98. The van der Waals surface area contributed by atoms with Crippen molar-refractivity contribution in [2.45, 2.75) is 22.9 Å². The fraction of sp³-hybridized carbons (Fsp3) is 0.182. The molecule has 5 aromatic rings. The molecule has 6 nitrogen and oxygen atoms in total. The van der Waals surface area contributed by atoms with E-state index >= 15 is 0 Å². The highest BCUT2D eigenvalue weighted by Gasteiger charge is 2.34. The molecule has 6 rings (SSSR count). The first-order valence-corrected chi connectivity index (χ1v) is 15.1. The largest absolute Gasteiger partial charge is 0.419 e.